The van der Waals surface area contributed by atoms with Crippen molar-refractivity contribution < 1.29 is 14.3 Å². The van der Waals surface area contributed by atoms with E-state index in [1.807, 2.05) is 49.1 Å². The van der Waals surface area contributed by atoms with Gasteiger partial charge in [0.25, 0.3) is 0 Å². The average molecular weight is 370 g/mol. The number of hydrogen-bond acceptors (Lipinski definition) is 6. The minimum Gasteiger partial charge on any atom is -0.494 e. The van der Waals surface area contributed by atoms with Crippen LogP contribution in [0.2, 0.25) is 0 Å². The van der Waals surface area contributed by atoms with Crippen LogP contribution in [0.15, 0.2) is 36.7 Å². The first-order valence-electron chi connectivity index (χ1n) is 9.37. The fraction of sp³-hybridized carbons (Fsp3) is 0.450. The maximum absolute atomic E-state index is 12.1. The quantitative estimate of drug-likeness (QED) is 0.745. The maximum Gasteiger partial charge on any atom is 0.248 e. The van der Waals surface area contributed by atoms with Crippen molar-refractivity contribution in [2.75, 3.05) is 50.9 Å². The van der Waals surface area contributed by atoms with Gasteiger partial charge >= 0.3 is 0 Å². The first-order chi connectivity index (χ1) is 13.2. The second kappa shape index (κ2) is 9.32. The number of benzene rings is 1. The van der Waals surface area contributed by atoms with Gasteiger partial charge in [-0.25, -0.2) is 9.97 Å². The molecule has 7 heteroatoms. The molecule has 2 aromatic rings. The summed E-state index contributed by atoms with van der Waals surface area (Å²) in [4.78, 5) is 24.9. The summed E-state index contributed by atoms with van der Waals surface area (Å²) < 4.78 is 10.7. The molecule has 2 heterocycles. The van der Waals surface area contributed by atoms with E-state index in [0.29, 0.717) is 26.3 Å². The zero-order valence-electron chi connectivity index (χ0n) is 15.9. The van der Waals surface area contributed by atoms with E-state index in [1.54, 1.807) is 6.33 Å². The second-order valence-electron chi connectivity index (χ2n) is 6.22. The van der Waals surface area contributed by atoms with Gasteiger partial charge in [-0.05, 0) is 38.1 Å². The molecule has 144 valence electrons. The Kier molecular flexibility index (Phi) is 6.59. The minimum absolute atomic E-state index is 0.0502. The van der Waals surface area contributed by atoms with E-state index in [1.165, 1.54) is 0 Å². The summed E-state index contributed by atoms with van der Waals surface area (Å²) in [6, 6.07) is 9.89. The Labute approximate surface area is 159 Å². The van der Waals surface area contributed by atoms with Gasteiger partial charge < -0.3 is 19.3 Å². The molecule has 1 aromatic heterocycles. The van der Waals surface area contributed by atoms with Crippen LogP contribution in [0.4, 0.5) is 5.82 Å². The van der Waals surface area contributed by atoms with Crippen molar-refractivity contribution in [1.82, 2.24) is 14.9 Å². The number of aromatic nitrogens is 2. The van der Waals surface area contributed by atoms with E-state index in [9.17, 15) is 4.79 Å². The molecule has 0 atom stereocenters. The number of ether oxygens (including phenoxy) is 2. The number of rotatable bonds is 7. The summed E-state index contributed by atoms with van der Waals surface area (Å²) in [5.41, 5.74) is 1.89. The summed E-state index contributed by atoms with van der Waals surface area (Å²) in [6.45, 7) is 8.07. The van der Waals surface area contributed by atoms with Gasteiger partial charge in [-0.3, -0.25) is 4.79 Å². The molecule has 0 radical (unpaired) electrons. The summed E-state index contributed by atoms with van der Waals surface area (Å²) >= 11 is 0. The normalized spacial score (nSPS) is 14.3. The Balaban J connectivity index is 1.63. The van der Waals surface area contributed by atoms with Crippen LogP contribution in [-0.4, -0.2) is 66.8 Å². The largest absolute Gasteiger partial charge is 0.494 e. The lowest BCUT2D eigenvalue weighted by Gasteiger charge is -2.35. The Morgan fingerprint density at radius 3 is 2.44 bits per heavy atom. The second-order valence-corrected chi connectivity index (χ2v) is 6.22. The van der Waals surface area contributed by atoms with Crippen molar-refractivity contribution >= 4 is 11.7 Å². The van der Waals surface area contributed by atoms with Gasteiger partial charge in [0.05, 0.1) is 12.3 Å². The van der Waals surface area contributed by atoms with E-state index in [-0.39, 0.29) is 12.5 Å². The average Bonchev–Trinajstić information content (AvgIpc) is 2.73. The van der Waals surface area contributed by atoms with E-state index in [4.69, 9.17) is 9.47 Å². The Bertz CT molecular complexity index is 743. The van der Waals surface area contributed by atoms with Crippen LogP contribution < -0.4 is 9.64 Å². The smallest absolute Gasteiger partial charge is 0.248 e. The Hall–Kier alpha value is -2.67. The third-order valence-corrected chi connectivity index (χ3v) is 4.50. The third kappa shape index (κ3) is 4.95. The molecule has 1 amide bonds. The number of carbonyl (C=O) groups is 1. The van der Waals surface area contributed by atoms with Gasteiger partial charge in [-0.15, -0.1) is 0 Å². The fourth-order valence-corrected chi connectivity index (χ4v) is 3.03. The van der Waals surface area contributed by atoms with Crippen molar-refractivity contribution in [2.24, 2.45) is 0 Å². The Morgan fingerprint density at radius 1 is 1.04 bits per heavy atom. The van der Waals surface area contributed by atoms with Crippen LogP contribution >= 0.6 is 0 Å². The molecule has 0 bridgehead atoms. The van der Waals surface area contributed by atoms with Crippen LogP contribution in [0.3, 0.4) is 0 Å². The topological polar surface area (TPSA) is 67.8 Å². The molecule has 1 aromatic carbocycles. The van der Waals surface area contributed by atoms with Crippen molar-refractivity contribution in [3.8, 4) is 17.0 Å². The highest BCUT2D eigenvalue weighted by Gasteiger charge is 2.22. The van der Waals surface area contributed by atoms with Crippen molar-refractivity contribution in [2.45, 2.75) is 13.8 Å². The van der Waals surface area contributed by atoms with E-state index < -0.39 is 0 Å². The molecule has 27 heavy (non-hydrogen) atoms. The van der Waals surface area contributed by atoms with Gasteiger partial charge in [0, 0.05) is 44.4 Å². The van der Waals surface area contributed by atoms with Crippen molar-refractivity contribution in [1.29, 1.82) is 0 Å². The van der Waals surface area contributed by atoms with Gasteiger partial charge in [0.1, 0.15) is 24.5 Å². The molecule has 1 aliphatic heterocycles. The van der Waals surface area contributed by atoms with E-state index >= 15 is 0 Å². The zero-order chi connectivity index (χ0) is 19.1. The summed E-state index contributed by atoms with van der Waals surface area (Å²) in [7, 11) is 0. The lowest BCUT2D eigenvalue weighted by atomic mass is 10.1. The van der Waals surface area contributed by atoms with E-state index in [2.05, 4.69) is 14.9 Å². The van der Waals surface area contributed by atoms with Gasteiger partial charge in [0.2, 0.25) is 5.91 Å². The number of piperazine rings is 1. The monoisotopic (exact) mass is 370 g/mol. The lowest BCUT2D eigenvalue weighted by molar-refractivity contribution is -0.136. The van der Waals surface area contributed by atoms with Gasteiger partial charge in [-0.1, -0.05) is 0 Å². The number of amides is 1. The first-order valence-corrected chi connectivity index (χ1v) is 9.37. The van der Waals surface area contributed by atoms with Crippen LogP contribution in [0.5, 0.6) is 5.75 Å². The predicted molar refractivity (Wildman–Crippen MR) is 104 cm³/mol. The maximum atomic E-state index is 12.1. The molecule has 0 aliphatic carbocycles. The molecule has 0 spiro atoms. The predicted octanol–water partition coefficient (Wildman–Crippen LogP) is 2.23. The van der Waals surface area contributed by atoms with Crippen molar-refractivity contribution in [3.05, 3.63) is 36.7 Å². The number of carbonyl (C=O) groups excluding carboxylic acids is 1. The first kappa shape index (κ1) is 19.1. The van der Waals surface area contributed by atoms with Crippen LogP contribution in [0, 0.1) is 0 Å². The molecule has 0 N–H and O–H groups in total. The minimum atomic E-state index is 0.0502. The number of nitrogens with zero attached hydrogens (tertiary/aromatic N) is 4. The van der Waals surface area contributed by atoms with Gasteiger partial charge in [-0.2, -0.15) is 0 Å². The van der Waals surface area contributed by atoms with Crippen molar-refractivity contribution in [3.63, 3.8) is 0 Å². The summed E-state index contributed by atoms with van der Waals surface area (Å²) in [6.07, 6.45) is 1.59. The molecular weight excluding hydrogens is 344 g/mol. The SMILES string of the molecule is CCOCC(=O)N1CCN(c2cc(-c3ccc(OCC)cc3)ncn2)CC1. The third-order valence-electron chi connectivity index (χ3n) is 4.50. The molecular formula is C20H26N4O3. The summed E-state index contributed by atoms with van der Waals surface area (Å²) in [5, 5.41) is 0. The molecule has 3 rings (SSSR count). The fourth-order valence-electron chi connectivity index (χ4n) is 3.03. The van der Waals surface area contributed by atoms with Crippen LogP contribution in [-0.2, 0) is 9.53 Å². The molecule has 1 aliphatic rings. The molecule has 0 saturated carbocycles. The number of anilines is 1. The molecule has 0 unspecified atom stereocenters. The van der Waals surface area contributed by atoms with E-state index in [0.717, 1.165) is 35.9 Å². The zero-order valence-corrected chi connectivity index (χ0v) is 15.9. The highest BCUT2D eigenvalue weighted by Crippen LogP contribution is 2.23. The van der Waals surface area contributed by atoms with Crippen LogP contribution in [0.25, 0.3) is 11.3 Å². The van der Waals surface area contributed by atoms with Gasteiger partial charge in [0.15, 0.2) is 0 Å². The molecule has 1 saturated heterocycles. The summed E-state index contributed by atoms with van der Waals surface area (Å²) in [5.74, 6) is 1.78. The number of hydrogen-bond donors (Lipinski definition) is 0. The lowest BCUT2D eigenvalue weighted by Crippen LogP contribution is -2.50. The standard InChI is InChI=1S/C20H26N4O3/c1-3-26-14-20(25)24-11-9-23(10-12-24)19-13-18(21-15-22-19)16-5-7-17(8-6-16)27-4-2/h5-8,13,15H,3-4,9-12,14H2,1-2H3. The highest BCUT2D eigenvalue weighted by atomic mass is 16.5. The highest BCUT2D eigenvalue weighted by molar-refractivity contribution is 5.77. The molecule has 7 nitrogen and oxygen atoms in total. The van der Waals surface area contributed by atoms with Crippen LogP contribution in [0.1, 0.15) is 13.8 Å². The molecule has 1 fully saturated rings. The Morgan fingerprint density at radius 2 is 1.78 bits per heavy atom.